The first kappa shape index (κ1) is 9.99. The van der Waals surface area contributed by atoms with Crippen LogP contribution in [0.3, 0.4) is 0 Å². The molecule has 12 heavy (non-hydrogen) atoms. The van der Waals surface area contributed by atoms with Crippen LogP contribution in [0.2, 0.25) is 4.34 Å². The Labute approximate surface area is 81.2 Å². The van der Waals surface area contributed by atoms with Crippen LogP contribution >= 0.6 is 22.9 Å². The Bertz CT molecular complexity index is 239. The predicted molar refractivity (Wildman–Crippen MR) is 52.8 cm³/mol. The van der Waals surface area contributed by atoms with Gasteiger partial charge in [-0.1, -0.05) is 11.6 Å². The second-order valence-corrected chi connectivity index (χ2v) is 4.29. The van der Waals surface area contributed by atoms with Gasteiger partial charge in [-0.25, -0.2) is 0 Å². The summed E-state index contributed by atoms with van der Waals surface area (Å²) in [5.74, 6) is 0. The zero-order chi connectivity index (χ0) is 8.97. The standard InChI is InChI=1S/C8H12ClNOS/c1-6(10-4-5-11)7-2-3-8(9)12-7/h2-3,6,10-11H,4-5H2,1H3/t6-/m0/s1. The summed E-state index contributed by atoms with van der Waals surface area (Å²) < 4.78 is 0.808. The molecule has 68 valence electrons. The molecule has 0 saturated carbocycles. The first-order valence-electron chi connectivity index (χ1n) is 3.83. The second-order valence-electron chi connectivity index (χ2n) is 2.54. The van der Waals surface area contributed by atoms with Gasteiger partial charge in [0.1, 0.15) is 0 Å². The van der Waals surface area contributed by atoms with Crippen molar-refractivity contribution in [3.05, 3.63) is 21.3 Å². The molecule has 1 aromatic rings. The number of halogens is 1. The summed E-state index contributed by atoms with van der Waals surface area (Å²) in [7, 11) is 0. The van der Waals surface area contributed by atoms with Crippen molar-refractivity contribution in [2.24, 2.45) is 0 Å². The first-order valence-corrected chi connectivity index (χ1v) is 5.03. The van der Waals surface area contributed by atoms with E-state index in [1.165, 1.54) is 4.88 Å². The van der Waals surface area contributed by atoms with Crippen LogP contribution in [0.5, 0.6) is 0 Å². The molecule has 1 atom stereocenters. The minimum Gasteiger partial charge on any atom is -0.395 e. The predicted octanol–water partition coefficient (Wildman–Crippen LogP) is 2.04. The van der Waals surface area contributed by atoms with E-state index in [0.29, 0.717) is 6.54 Å². The molecule has 0 aliphatic heterocycles. The van der Waals surface area contributed by atoms with Gasteiger partial charge in [-0.2, -0.15) is 0 Å². The average Bonchev–Trinajstić information content (AvgIpc) is 2.47. The van der Waals surface area contributed by atoms with Crippen LogP contribution in [0.15, 0.2) is 12.1 Å². The van der Waals surface area contributed by atoms with Gasteiger partial charge in [-0.3, -0.25) is 0 Å². The molecule has 1 aromatic heterocycles. The van der Waals surface area contributed by atoms with Gasteiger partial charge < -0.3 is 10.4 Å². The number of aliphatic hydroxyl groups is 1. The topological polar surface area (TPSA) is 32.3 Å². The molecule has 2 nitrogen and oxygen atoms in total. The van der Waals surface area contributed by atoms with E-state index < -0.39 is 0 Å². The highest BCUT2D eigenvalue weighted by molar-refractivity contribution is 7.16. The highest BCUT2D eigenvalue weighted by Crippen LogP contribution is 2.26. The molecule has 0 aliphatic rings. The minimum atomic E-state index is 0.170. The summed E-state index contributed by atoms with van der Waals surface area (Å²) >= 11 is 7.35. The highest BCUT2D eigenvalue weighted by atomic mass is 35.5. The van der Waals surface area contributed by atoms with Crippen LogP contribution in [-0.4, -0.2) is 18.3 Å². The van der Waals surface area contributed by atoms with Crippen molar-refractivity contribution in [3.8, 4) is 0 Å². The second kappa shape index (κ2) is 4.82. The molecule has 1 heterocycles. The third kappa shape index (κ3) is 2.75. The van der Waals surface area contributed by atoms with Gasteiger partial charge in [0.2, 0.25) is 0 Å². The summed E-state index contributed by atoms with van der Waals surface area (Å²) in [4.78, 5) is 1.20. The fraction of sp³-hybridized carbons (Fsp3) is 0.500. The van der Waals surface area contributed by atoms with Crippen molar-refractivity contribution in [1.29, 1.82) is 0 Å². The fourth-order valence-electron chi connectivity index (χ4n) is 0.943. The number of rotatable bonds is 4. The number of nitrogens with one attached hydrogen (secondary N) is 1. The molecule has 1 rings (SSSR count). The molecule has 0 unspecified atom stereocenters. The monoisotopic (exact) mass is 205 g/mol. The van der Waals surface area contributed by atoms with Crippen LogP contribution in [0.25, 0.3) is 0 Å². The van der Waals surface area contributed by atoms with Crippen molar-refractivity contribution in [1.82, 2.24) is 5.32 Å². The average molecular weight is 206 g/mol. The van der Waals surface area contributed by atoms with Gasteiger partial charge in [0.25, 0.3) is 0 Å². The van der Waals surface area contributed by atoms with Crippen molar-refractivity contribution >= 4 is 22.9 Å². The largest absolute Gasteiger partial charge is 0.395 e. The number of hydrogen-bond acceptors (Lipinski definition) is 3. The number of aliphatic hydroxyl groups excluding tert-OH is 1. The fourth-order valence-corrected chi connectivity index (χ4v) is 2.03. The van der Waals surface area contributed by atoms with Crippen molar-refractivity contribution in [3.63, 3.8) is 0 Å². The lowest BCUT2D eigenvalue weighted by atomic mass is 10.3. The maximum absolute atomic E-state index is 8.58. The molecule has 0 saturated heterocycles. The quantitative estimate of drug-likeness (QED) is 0.789. The molecular formula is C8H12ClNOS. The first-order chi connectivity index (χ1) is 5.74. The van der Waals surface area contributed by atoms with Crippen LogP contribution < -0.4 is 5.32 Å². The molecule has 2 N–H and O–H groups in total. The molecule has 0 radical (unpaired) electrons. The SMILES string of the molecule is C[C@H](NCCO)c1ccc(Cl)s1. The summed E-state index contributed by atoms with van der Waals surface area (Å²) in [5.41, 5.74) is 0. The third-order valence-electron chi connectivity index (χ3n) is 1.58. The van der Waals surface area contributed by atoms with Crippen LogP contribution in [0, 0.1) is 0 Å². The Kier molecular flexibility index (Phi) is 4.01. The number of hydrogen-bond donors (Lipinski definition) is 2. The Hall–Kier alpha value is -0.0900. The van der Waals surface area contributed by atoms with Gasteiger partial charge in [-0.15, -0.1) is 11.3 Å². The van der Waals surface area contributed by atoms with E-state index in [9.17, 15) is 0 Å². The van der Waals surface area contributed by atoms with E-state index >= 15 is 0 Å². The highest BCUT2D eigenvalue weighted by Gasteiger charge is 2.05. The van der Waals surface area contributed by atoms with Crippen molar-refractivity contribution in [2.45, 2.75) is 13.0 Å². The Morgan fingerprint density at radius 2 is 2.42 bits per heavy atom. The smallest absolute Gasteiger partial charge is 0.0931 e. The van der Waals surface area contributed by atoms with Crippen molar-refractivity contribution in [2.75, 3.05) is 13.2 Å². The molecule has 0 bridgehead atoms. The minimum absolute atomic E-state index is 0.170. The summed E-state index contributed by atoms with van der Waals surface area (Å²) in [6.07, 6.45) is 0. The van der Waals surface area contributed by atoms with E-state index in [1.807, 2.05) is 12.1 Å². The molecule has 4 heteroatoms. The summed E-state index contributed by atoms with van der Waals surface area (Å²) in [6.45, 7) is 2.85. The molecule has 0 amide bonds. The summed E-state index contributed by atoms with van der Waals surface area (Å²) in [5, 5.41) is 11.7. The van der Waals surface area contributed by atoms with E-state index in [2.05, 4.69) is 12.2 Å². The van der Waals surface area contributed by atoms with Gasteiger partial charge >= 0.3 is 0 Å². The van der Waals surface area contributed by atoms with Crippen LogP contribution in [0.4, 0.5) is 0 Å². The van der Waals surface area contributed by atoms with Crippen LogP contribution in [0.1, 0.15) is 17.8 Å². The zero-order valence-corrected chi connectivity index (χ0v) is 8.45. The lowest BCUT2D eigenvalue weighted by Gasteiger charge is -2.09. The van der Waals surface area contributed by atoms with Gasteiger partial charge in [-0.05, 0) is 19.1 Å². The molecule has 0 aliphatic carbocycles. The normalized spacial score (nSPS) is 13.2. The Morgan fingerprint density at radius 1 is 1.67 bits per heavy atom. The maximum atomic E-state index is 8.58. The molecule has 0 fully saturated rings. The van der Waals surface area contributed by atoms with E-state index in [-0.39, 0.29) is 12.6 Å². The molecule has 0 aromatic carbocycles. The zero-order valence-electron chi connectivity index (χ0n) is 6.88. The summed E-state index contributed by atoms with van der Waals surface area (Å²) in [6, 6.07) is 4.16. The molecule has 0 spiro atoms. The Balaban J connectivity index is 2.47. The van der Waals surface area contributed by atoms with Crippen LogP contribution in [-0.2, 0) is 0 Å². The van der Waals surface area contributed by atoms with E-state index in [0.717, 1.165) is 4.34 Å². The van der Waals surface area contributed by atoms with Crippen molar-refractivity contribution < 1.29 is 5.11 Å². The van der Waals surface area contributed by atoms with Gasteiger partial charge in [0.05, 0.1) is 10.9 Å². The molecular weight excluding hydrogens is 194 g/mol. The Morgan fingerprint density at radius 3 is 2.92 bits per heavy atom. The third-order valence-corrected chi connectivity index (χ3v) is 3.00. The lowest BCUT2D eigenvalue weighted by molar-refractivity contribution is 0.286. The van der Waals surface area contributed by atoms with E-state index in [4.69, 9.17) is 16.7 Å². The van der Waals surface area contributed by atoms with Gasteiger partial charge in [0.15, 0.2) is 0 Å². The lowest BCUT2D eigenvalue weighted by Crippen LogP contribution is -2.21. The maximum Gasteiger partial charge on any atom is 0.0931 e. The van der Waals surface area contributed by atoms with Gasteiger partial charge in [0, 0.05) is 17.5 Å². The van der Waals surface area contributed by atoms with E-state index in [1.54, 1.807) is 11.3 Å². The number of thiophene rings is 1.